The van der Waals surface area contributed by atoms with Gasteiger partial charge in [0.05, 0.1) is 6.54 Å². The maximum absolute atomic E-state index is 13.0. The molecule has 31 heavy (non-hydrogen) atoms. The van der Waals surface area contributed by atoms with Crippen LogP contribution < -0.4 is 26.0 Å². The molecule has 1 atom stereocenters. The van der Waals surface area contributed by atoms with E-state index < -0.39 is 0 Å². The van der Waals surface area contributed by atoms with Crippen LogP contribution in [-0.4, -0.2) is 37.7 Å². The SMILES string of the molecule is CN=C(NCc1ccc(NC(=O)NC(C)C)cc1)NCC(C)Oc1ccc(F)cc1.I. The number of halogens is 2. The number of hydrogen-bond donors (Lipinski definition) is 4. The molecule has 0 aliphatic rings. The van der Waals surface area contributed by atoms with E-state index in [9.17, 15) is 9.18 Å². The summed E-state index contributed by atoms with van der Waals surface area (Å²) in [6.07, 6.45) is -0.128. The van der Waals surface area contributed by atoms with Crippen LogP contribution in [0.1, 0.15) is 26.3 Å². The molecule has 7 nitrogen and oxygen atoms in total. The molecular weight excluding hydrogens is 512 g/mol. The zero-order valence-corrected chi connectivity index (χ0v) is 20.6. The molecular formula is C22H31FIN5O2. The van der Waals surface area contributed by atoms with Crippen molar-refractivity contribution in [3.8, 4) is 5.75 Å². The lowest BCUT2D eigenvalue weighted by atomic mass is 10.2. The van der Waals surface area contributed by atoms with Crippen LogP contribution in [0.5, 0.6) is 5.75 Å². The van der Waals surface area contributed by atoms with E-state index in [1.54, 1.807) is 19.2 Å². The first-order valence-electron chi connectivity index (χ1n) is 9.89. The average molecular weight is 543 g/mol. The van der Waals surface area contributed by atoms with Gasteiger partial charge in [-0.2, -0.15) is 0 Å². The first-order chi connectivity index (χ1) is 14.4. The molecule has 2 amide bonds. The Balaban J connectivity index is 0.00000480. The normalized spacial score (nSPS) is 11.9. The highest BCUT2D eigenvalue weighted by Crippen LogP contribution is 2.13. The van der Waals surface area contributed by atoms with Crippen molar-refractivity contribution in [1.82, 2.24) is 16.0 Å². The summed E-state index contributed by atoms with van der Waals surface area (Å²) >= 11 is 0. The highest BCUT2D eigenvalue weighted by molar-refractivity contribution is 14.0. The van der Waals surface area contributed by atoms with Gasteiger partial charge in [0.15, 0.2) is 5.96 Å². The summed E-state index contributed by atoms with van der Waals surface area (Å²) in [5, 5.41) is 12.0. The zero-order valence-electron chi connectivity index (χ0n) is 18.2. The molecule has 0 aromatic heterocycles. The number of guanidine groups is 1. The Morgan fingerprint density at radius 3 is 2.26 bits per heavy atom. The number of carbonyl (C=O) groups excluding carboxylic acids is 1. The lowest BCUT2D eigenvalue weighted by molar-refractivity contribution is 0.223. The van der Waals surface area contributed by atoms with Gasteiger partial charge in [0.1, 0.15) is 17.7 Å². The molecule has 2 aromatic rings. The summed E-state index contributed by atoms with van der Waals surface area (Å²) in [6.45, 7) is 6.84. The van der Waals surface area contributed by atoms with Crippen LogP contribution in [-0.2, 0) is 6.54 Å². The van der Waals surface area contributed by atoms with Crippen molar-refractivity contribution in [1.29, 1.82) is 0 Å². The molecule has 2 rings (SSSR count). The van der Waals surface area contributed by atoms with Crippen molar-refractivity contribution in [3.63, 3.8) is 0 Å². The number of carbonyl (C=O) groups is 1. The van der Waals surface area contributed by atoms with Crippen molar-refractivity contribution >= 4 is 41.7 Å². The molecule has 0 radical (unpaired) electrons. The molecule has 0 fully saturated rings. The maximum Gasteiger partial charge on any atom is 0.319 e. The van der Waals surface area contributed by atoms with E-state index in [1.165, 1.54) is 12.1 Å². The van der Waals surface area contributed by atoms with Gasteiger partial charge in [-0.1, -0.05) is 12.1 Å². The number of benzene rings is 2. The fourth-order valence-corrected chi connectivity index (χ4v) is 2.57. The van der Waals surface area contributed by atoms with E-state index >= 15 is 0 Å². The Hall–Kier alpha value is -2.56. The third kappa shape index (κ3) is 10.3. The minimum Gasteiger partial charge on any atom is -0.489 e. The quantitative estimate of drug-likeness (QED) is 0.230. The Kier molecular flexibility index (Phi) is 11.7. The van der Waals surface area contributed by atoms with Gasteiger partial charge in [-0.25, -0.2) is 9.18 Å². The summed E-state index contributed by atoms with van der Waals surface area (Å²) < 4.78 is 18.7. The fraction of sp³-hybridized carbons (Fsp3) is 0.364. The third-order valence-electron chi connectivity index (χ3n) is 4.02. The predicted molar refractivity (Wildman–Crippen MR) is 134 cm³/mol. The topological polar surface area (TPSA) is 86.8 Å². The van der Waals surface area contributed by atoms with Crippen LogP contribution in [0.3, 0.4) is 0 Å². The van der Waals surface area contributed by atoms with Gasteiger partial charge in [0.2, 0.25) is 0 Å². The standard InChI is InChI=1S/C22H30FN5O2.HI/c1-15(2)27-22(29)28-19-9-5-17(6-10-19)14-26-21(24-4)25-13-16(3)30-20-11-7-18(23)8-12-20;/h5-12,15-16H,13-14H2,1-4H3,(H2,24,25,26)(H2,27,28,29);1H. The lowest BCUT2D eigenvalue weighted by Crippen LogP contribution is -2.41. The van der Waals surface area contributed by atoms with Crippen LogP contribution in [0.4, 0.5) is 14.9 Å². The highest BCUT2D eigenvalue weighted by Gasteiger charge is 2.07. The molecule has 0 saturated carbocycles. The largest absolute Gasteiger partial charge is 0.489 e. The Bertz CT molecular complexity index is 829. The monoisotopic (exact) mass is 543 g/mol. The van der Waals surface area contributed by atoms with Crippen LogP contribution >= 0.6 is 24.0 Å². The second-order valence-corrected chi connectivity index (χ2v) is 7.14. The number of nitrogens with zero attached hydrogens (tertiary/aromatic N) is 1. The Morgan fingerprint density at radius 2 is 1.68 bits per heavy atom. The summed E-state index contributed by atoms with van der Waals surface area (Å²) in [5.74, 6) is 0.966. The Morgan fingerprint density at radius 1 is 1.03 bits per heavy atom. The molecule has 0 spiro atoms. The predicted octanol–water partition coefficient (Wildman–Crippen LogP) is 4.11. The van der Waals surface area contributed by atoms with Gasteiger partial charge in [-0.05, 0) is 62.7 Å². The first-order valence-corrected chi connectivity index (χ1v) is 9.89. The molecule has 0 aliphatic carbocycles. The van der Waals surface area contributed by atoms with E-state index in [2.05, 4.69) is 26.3 Å². The molecule has 2 aromatic carbocycles. The molecule has 1 unspecified atom stereocenters. The van der Waals surface area contributed by atoms with Crippen LogP contribution in [0, 0.1) is 5.82 Å². The van der Waals surface area contributed by atoms with Crippen LogP contribution in [0.25, 0.3) is 0 Å². The average Bonchev–Trinajstić information content (AvgIpc) is 2.70. The van der Waals surface area contributed by atoms with E-state index in [1.807, 2.05) is 45.0 Å². The number of urea groups is 1. The van der Waals surface area contributed by atoms with Gasteiger partial charge in [0.25, 0.3) is 0 Å². The molecule has 0 bridgehead atoms. The van der Waals surface area contributed by atoms with E-state index in [-0.39, 0.29) is 48.0 Å². The second kappa shape index (κ2) is 13.7. The lowest BCUT2D eigenvalue weighted by Gasteiger charge is -2.18. The van der Waals surface area contributed by atoms with E-state index in [0.717, 1.165) is 11.3 Å². The van der Waals surface area contributed by atoms with Crippen LogP contribution in [0.15, 0.2) is 53.5 Å². The highest BCUT2D eigenvalue weighted by atomic mass is 127. The van der Waals surface area contributed by atoms with Gasteiger partial charge in [-0.3, -0.25) is 4.99 Å². The number of nitrogens with one attached hydrogen (secondary N) is 4. The molecule has 170 valence electrons. The Labute approximate surface area is 200 Å². The van der Waals surface area contributed by atoms with Crippen molar-refractivity contribution < 1.29 is 13.9 Å². The van der Waals surface area contributed by atoms with Crippen molar-refractivity contribution in [2.45, 2.75) is 39.5 Å². The van der Waals surface area contributed by atoms with Gasteiger partial charge < -0.3 is 26.0 Å². The summed E-state index contributed by atoms with van der Waals surface area (Å²) in [6, 6.07) is 13.4. The minimum atomic E-state index is -0.291. The summed E-state index contributed by atoms with van der Waals surface area (Å²) in [4.78, 5) is 15.9. The maximum atomic E-state index is 13.0. The second-order valence-electron chi connectivity index (χ2n) is 7.14. The molecule has 0 saturated heterocycles. The summed E-state index contributed by atoms with van der Waals surface area (Å²) in [7, 11) is 1.70. The van der Waals surface area contributed by atoms with Gasteiger partial charge in [-0.15, -0.1) is 24.0 Å². The zero-order chi connectivity index (χ0) is 21.9. The number of aliphatic imine (C=N–C) groups is 1. The van der Waals surface area contributed by atoms with Gasteiger partial charge in [0, 0.05) is 25.3 Å². The van der Waals surface area contributed by atoms with Crippen molar-refractivity contribution in [2.75, 3.05) is 18.9 Å². The van der Waals surface area contributed by atoms with E-state index in [4.69, 9.17) is 4.74 Å². The fourth-order valence-electron chi connectivity index (χ4n) is 2.57. The minimum absolute atomic E-state index is 0. The molecule has 0 heterocycles. The first kappa shape index (κ1) is 26.5. The van der Waals surface area contributed by atoms with Crippen LogP contribution in [0.2, 0.25) is 0 Å². The number of amides is 2. The number of hydrogen-bond acceptors (Lipinski definition) is 3. The van der Waals surface area contributed by atoms with Crippen molar-refractivity contribution in [2.24, 2.45) is 4.99 Å². The third-order valence-corrected chi connectivity index (χ3v) is 4.02. The van der Waals surface area contributed by atoms with Crippen molar-refractivity contribution in [3.05, 3.63) is 59.9 Å². The smallest absolute Gasteiger partial charge is 0.319 e. The number of ether oxygens (including phenoxy) is 1. The van der Waals surface area contributed by atoms with Gasteiger partial charge >= 0.3 is 6.03 Å². The summed E-state index contributed by atoms with van der Waals surface area (Å²) in [5.41, 5.74) is 1.77. The number of anilines is 1. The van der Waals surface area contributed by atoms with E-state index in [0.29, 0.717) is 24.8 Å². The molecule has 9 heteroatoms. The number of rotatable bonds is 8. The molecule has 0 aliphatic heterocycles. The molecule has 4 N–H and O–H groups in total.